The molecule has 2 aromatic carbocycles. The van der Waals surface area contributed by atoms with E-state index in [0.29, 0.717) is 28.7 Å². The molecule has 6 aromatic rings. The summed E-state index contributed by atoms with van der Waals surface area (Å²) in [5.41, 5.74) is 4.29. The normalized spacial score (nSPS) is 12.1. The van der Waals surface area contributed by atoms with Gasteiger partial charge in [-0.3, -0.25) is 14.7 Å². The molecule has 4 heterocycles. The molecule has 6 rings (SSSR count). The Morgan fingerprint density at radius 2 is 1.92 bits per heavy atom. The van der Waals surface area contributed by atoms with Crippen LogP contribution >= 0.6 is 11.6 Å². The van der Waals surface area contributed by atoms with Gasteiger partial charge in [0.05, 0.1) is 23.2 Å². The average molecular weight is 523 g/mol. The first-order chi connectivity index (χ1) is 18.6. The first-order valence-electron chi connectivity index (χ1n) is 12.0. The predicted molar refractivity (Wildman–Crippen MR) is 146 cm³/mol. The molecule has 0 radical (unpaired) electrons. The molecule has 0 fully saturated rings. The number of hydrogen-bond donors (Lipinski definition) is 0. The lowest BCUT2D eigenvalue weighted by molar-refractivity contribution is -0.108. The van der Waals surface area contributed by atoms with E-state index in [-0.39, 0.29) is 0 Å². The van der Waals surface area contributed by atoms with Crippen molar-refractivity contribution in [1.29, 1.82) is 0 Å². The molecule has 38 heavy (non-hydrogen) atoms. The zero-order valence-electron chi connectivity index (χ0n) is 20.5. The molecular formula is C29H23ClN6O2. The first-order valence-corrected chi connectivity index (χ1v) is 12.4. The highest BCUT2D eigenvalue weighted by atomic mass is 35.5. The number of aromatic nitrogens is 5. The van der Waals surface area contributed by atoms with Crippen LogP contribution in [-0.4, -0.2) is 30.5 Å². The van der Waals surface area contributed by atoms with E-state index in [1.165, 1.54) is 0 Å². The number of anilines is 1. The van der Waals surface area contributed by atoms with E-state index in [2.05, 4.69) is 9.97 Å². The van der Waals surface area contributed by atoms with Gasteiger partial charge in [0.25, 0.3) is 0 Å². The lowest BCUT2D eigenvalue weighted by Crippen LogP contribution is -2.31. The largest absolute Gasteiger partial charge is 0.439 e. The van der Waals surface area contributed by atoms with E-state index >= 15 is 0 Å². The van der Waals surface area contributed by atoms with Gasteiger partial charge in [0.15, 0.2) is 5.58 Å². The summed E-state index contributed by atoms with van der Waals surface area (Å²) in [6, 6.07) is 20.7. The molecule has 0 spiro atoms. The van der Waals surface area contributed by atoms with Gasteiger partial charge in [-0.05, 0) is 35.9 Å². The monoisotopic (exact) mass is 522 g/mol. The smallest absolute Gasteiger partial charge is 0.217 e. The van der Waals surface area contributed by atoms with Crippen molar-refractivity contribution in [1.82, 2.24) is 24.1 Å². The van der Waals surface area contributed by atoms with Crippen molar-refractivity contribution in [3.63, 3.8) is 0 Å². The topological polar surface area (TPSA) is 82.0 Å². The third kappa shape index (κ3) is 4.35. The molecule has 1 atom stereocenters. The number of hydrogen-bond acceptors (Lipinski definition) is 5. The Hall–Kier alpha value is -4.69. The minimum atomic E-state index is -0.481. The third-order valence-electron chi connectivity index (χ3n) is 6.60. The average Bonchev–Trinajstić information content (AvgIpc) is 3.70. The van der Waals surface area contributed by atoms with Gasteiger partial charge < -0.3 is 13.6 Å². The number of halogens is 1. The summed E-state index contributed by atoms with van der Waals surface area (Å²) in [5.74, 6) is 1.08. The third-order valence-corrected chi connectivity index (χ3v) is 6.90. The molecule has 8 nitrogen and oxygen atoms in total. The van der Waals surface area contributed by atoms with E-state index in [4.69, 9.17) is 21.0 Å². The van der Waals surface area contributed by atoms with Crippen LogP contribution in [0.25, 0.3) is 27.9 Å². The number of nitrogens with zero attached hydrogens (tertiary/aromatic N) is 6. The summed E-state index contributed by atoms with van der Waals surface area (Å²) >= 11 is 6.35. The minimum absolute atomic E-state index is 0.387. The van der Waals surface area contributed by atoms with E-state index in [0.717, 1.165) is 34.4 Å². The fraction of sp³-hybridized carbons (Fsp3) is 0.103. The van der Waals surface area contributed by atoms with E-state index in [9.17, 15) is 4.79 Å². The van der Waals surface area contributed by atoms with Gasteiger partial charge in [-0.15, -0.1) is 0 Å². The van der Waals surface area contributed by atoms with Crippen LogP contribution in [0.5, 0.6) is 0 Å². The molecule has 0 aliphatic heterocycles. The number of imidazole rings is 2. The van der Waals surface area contributed by atoms with Crippen molar-refractivity contribution in [2.75, 3.05) is 4.90 Å². The predicted octanol–water partition coefficient (Wildman–Crippen LogP) is 6.01. The van der Waals surface area contributed by atoms with E-state index < -0.39 is 6.04 Å². The molecular weight excluding hydrogens is 500 g/mol. The highest BCUT2D eigenvalue weighted by Gasteiger charge is 2.29. The molecule has 0 saturated carbocycles. The maximum Gasteiger partial charge on any atom is 0.217 e. The standard InChI is InChI=1S/C29H23ClN6O2/c1-34-26(20-8-10-23(11-9-20)35-14-13-31-18-35)17-33-29(34)25(16-22-6-2-3-12-32-22)36(19-37)27-15-21-5-4-7-24(30)28(21)38-27/h2-15,17-19,25H,16H2,1H3/t25-/m0/s1. The van der Waals surface area contributed by atoms with Gasteiger partial charge in [-0.2, -0.15) is 0 Å². The molecule has 1 amide bonds. The van der Waals surface area contributed by atoms with Crippen molar-refractivity contribution in [2.45, 2.75) is 12.5 Å². The molecule has 0 aliphatic rings. The lowest BCUT2D eigenvalue weighted by atomic mass is 10.1. The van der Waals surface area contributed by atoms with Crippen LogP contribution in [0.1, 0.15) is 17.6 Å². The van der Waals surface area contributed by atoms with Crippen molar-refractivity contribution in [2.24, 2.45) is 7.05 Å². The van der Waals surface area contributed by atoms with Crippen LogP contribution in [0.4, 0.5) is 5.88 Å². The Kier molecular flexibility index (Phi) is 6.23. The van der Waals surface area contributed by atoms with Crippen LogP contribution in [0.2, 0.25) is 5.02 Å². The molecule has 0 saturated heterocycles. The molecule has 9 heteroatoms. The Morgan fingerprint density at radius 1 is 1.05 bits per heavy atom. The van der Waals surface area contributed by atoms with Crippen LogP contribution in [0, 0.1) is 0 Å². The number of fused-ring (bicyclic) bond motifs is 1. The number of carbonyl (C=O) groups is 1. The molecule has 0 unspecified atom stereocenters. The van der Waals surface area contributed by atoms with E-state index in [1.807, 2.05) is 89.2 Å². The summed E-state index contributed by atoms with van der Waals surface area (Å²) < 4.78 is 10.0. The highest BCUT2D eigenvalue weighted by molar-refractivity contribution is 6.34. The molecule has 0 bridgehead atoms. The number of rotatable bonds is 8. The van der Waals surface area contributed by atoms with Crippen LogP contribution in [0.3, 0.4) is 0 Å². The summed E-state index contributed by atoms with van der Waals surface area (Å²) in [6.07, 6.45) is 10.2. The lowest BCUT2D eigenvalue weighted by Gasteiger charge is -2.26. The quantitative estimate of drug-likeness (QED) is 0.228. The molecule has 0 aliphatic carbocycles. The number of pyridine rings is 1. The van der Waals surface area contributed by atoms with Crippen LogP contribution < -0.4 is 4.90 Å². The summed E-state index contributed by atoms with van der Waals surface area (Å²) in [5, 5.41) is 1.30. The van der Waals surface area contributed by atoms with Gasteiger partial charge in [0, 0.05) is 54.9 Å². The minimum Gasteiger partial charge on any atom is -0.439 e. The van der Waals surface area contributed by atoms with Gasteiger partial charge in [0.1, 0.15) is 11.9 Å². The maximum absolute atomic E-state index is 12.6. The Morgan fingerprint density at radius 3 is 2.63 bits per heavy atom. The zero-order chi connectivity index (χ0) is 26.1. The fourth-order valence-electron chi connectivity index (χ4n) is 4.67. The molecule has 0 N–H and O–H groups in total. The number of furan rings is 1. The van der Waals surface area contributed by atoms with Gasteiger partial charge in [-0.1, -0.05) is 41.9 Å². The second-order valence-electron chi connectivity index (χ2n) is 8.87. The number of benzene rings is 2. The Bertz CT molecular complexity index is 1690. The summed E-state index contributed by atoms with van der Waals surface area (Å²) in [6.45, 7) is 0. The molecule has 4 aromatic heterocycles. The Balaban J connectivity index is 1.40. The summed E-state index contributed by atoms with van der Waals surface area (Å²) in [4.78, 5) is 27.5. The van der Waals surface area contributed by atoms with Crippen LogP contribution in [-0.2, 0) is 18.3 Å². The number of amides is 1. The number of para-hydroxylation sites is 1. The van der Waals surface area contributed by atoms with E-state index in [1.54, 1.807) is 29.7 Å². The Labute approximate surface area is 223 Å². The van der Waals surface area contributed by atoms with Crippen LogP contribution in [0.15, 0.2) is 102 Å². The second kappa shape index (κ2) is 9.99. The van der Waals surface area contributed by atoms with Crippen molar-refractivity contribution in [3.05, 3.63) is 114 Å². The van der Waals surface area contributed by atoms with Gasteiger partial charge in [0.2, 0.25) is 12.3 Å². The summed E-state index contributed by atoms with van der Waals surface area (Å²) in [7, 11) is 1.95. The first kappa shape index (κ1) is 23.7. The highest BCUT2D eigenvalue weighted by Crippen LogP contribution is 2.36. The maximum atomic E-state index is 12.6. The van der Waals surface area contributed by atoms with Gasteiger partial charge in [-0.25, -0.2) is 9.97 Å². The van der Waals surface area contributed by atoms with Crippen molar-refractivity contribution in [3.8, 4) is 16.9 Å². The second-order valence-corrected chi connectivity index (χ2v) is 9.28. The van der Waals surface area contributed by atoms with Crippen molar-refractivity contribution < 1.29 is 9.21 Å². The molecule has 188 valence electrons. The fourth-order valence-corrected chi connectivity index (χ4v) is 4.89. The van der Waals surface area contributed by atoms with Gasteiger partial charge >= 0.3 is 0 Å². The SMILES string of the molecule is Cn1c(-c2ccc(-n3ccnc3)cc2)cnc1[C@H](Cc1ccccn1)N(C=O)c1cc2cccc(Cl)c2o1. The zero-order valence-corrected chi connectivity index (χ0v) is 21.2. The van der Waals surface area contributed by atoms with Crippen molar-refractivity contribution >= 4 is 34.9 Å². The number of carbonyl (C=O) groups excluding carboxylic acids is 1.